The molecule has 0 amide bonds. The van der Waals surface area contributed by atoms with Gasteiger partial charge in [-0.1, -0.05) is 12.1 Å². The Morgan fingerprint density at radius 1 is 1.25 bits per heavy atom. The van der Waals surface area contributed by atoms with Crippen LogP contribution in [0.2, 0.25) is 0 Å². The molecule has 3 heteroatoms. The van der Waals surface area contributed by atoms with Crippen molar-refractivity contribution in [2.45, 2.75) is 38.6 Å². The van der Waals surface area contributed by atoms with E-state index in [1.165, 1.54) is 37.9 Å². The van der Waals surface area contributed by atoms with E-state index in [0.717, 1.165) is 18.9 Å². The first-order valence-corrected chi connectivity index (χ1v) is 7.82. The third kappa shape index (κ3) is 4.57. The molecule has 1 fully saturated rings. The van der Waals surface area contributed by atoms with E-state index in [4.69, 9.17) is 0 Å². The second-order valence-electron chi connectivity index (χ2n) is 6.05. The van der Waals surface area contributed by atoms with Gasteiger partial charge in [-0.25, -0.2) is 4.39 Å². The maximum Gasteiger partial charge on any atom is 0.123 e. The van der Waals surface area contributed by atoms with E-state index in [-0.39, 0.29) is 5.82 Å². The molecule has 2 nitrogen and oxygen atoms in total. The van der Waals surface area contributed by atoms with Gasteiger partial charge >= 0.3 is 0 Å². The molecule has 2 rings (SSSR count). The molecule has 0 saturated carbocycles. The quantitative estimate of drug-likeness (QED) is 0.860. The number of halogens is 1. The highest BCUT2D eigenvalue weighted by molar-refractivity contribution is 5.17. The summed E-state index contributed by atoms with van der Waals surface area (Å²) in [4.78, 5) is 2.58. The Kier molecular flexibility index (Phi) is 5.99. The molecule has 20 heavy (non-hydrogen) atoms. The van der Waals surface area contributed by atoms with E-state index in [2.05, 4.69) is 17.1 Å². The van der Waals surface area contributed by atoms with Crippen LogP contribution in [-0.4, -0.2) is 37.6 Å². The van der Waals surface area contributed by atoms with Crippen LogP contribution in [0, 0.1) is 11.7 Å². The smallest absolute Gasteiger partial charge is 0.123 e. The Balaban J connectivity index is 1.76. The van der Waals surface area contributed by atoms with Crippen molar-refractivity contribution in [3.63, 3.8) is 0 Å². The standard InChI is InChI=1S/C17H27FN2/c1-14(13-16-3-5-17(18)6-4-16)20-11-8-15(9-12-20)7-10-19-2/h3-6,14-15,19H,7-13H2,1-2H3. The third-order valence-electron chi connectivity index (χ3n) is 4.52. The van der Waals surface area contributed by atoms with Crippen molar-refractivity contribution in [1.82, 2.24) is 10.2 Å². The molecular weight excluding hydrogens is 251 g/mol. The van der Waals surface area contributed by atoms with Gasteiger partial charge in [0.1, 0.15) is 5.82 Å². The minimum absolute atomic E-state index is 0.147. The molecule has 0 aromatic heterocycles. The number of hydrogen-bond donors (Lipinski definition) is 1. The summed E-state index contributed by atoms with van der Waals surface area (Å²) < 4.78 is 12.9. The number of benzene rings is 1. The highest BCUT2D eigenvalue weighted by Crippen LogP contribution is 2.22. The second-order valence-corrected chi connectivity index (χ2v) is 6.05. The third-order valence-corrected chi connectivity index (χ3v) is 4.52. The average molecular weight is 278 g/mol. The lowest BCUT2D eigenvalue weighted by atomic mass is 9.92. The molecule has 0 aliphatic carbocycles. The highest BCUT2D eigenvalue weighted by Gasteiger charge is 2.22. The summed E-state index contributed by atoms with van der Waals surface area (Å²) in [5, 5.41) is 3.24. The zero-order chi connectivity index (χ0) is 14.4. The molecule has 0 radical (unpaired) electrons. The van der Waals surface area contributed by atoms with Gasteiger partial charge in [0.25, 0.3) is 0 Å². The summed E-state index contributed by atoms with van der Waals surface area (Å²) in [5.74, 6) is 0.739. The Morgan fingerprint density at radius 2 is 1.90 bits per heavy atom. The SMILES string of the molecule is CNCCC1CCN(C(C)Cc2ccc(F)cc2)CC1. The van der Waals surface area contributed by atoms with E-state index < -0.39 is 0 Å². The Morgan fingerprint density at radius 3 is 2.50 bits per heavy atom. The molecule has 1 saturated heterocycles. The van der Waals surface area contributed by atoms with E-state index in [9.17, 15) is 4.39 Å². The molecule has 0 bridgehead atoms. The van der Waals surface area contributed by atoms with Crippen molar-refractivity contribution >= 4 is 0 Å². The normalized spacial score (nSPS) is 19.1. The maximum atomic E-state index is 12.9. The van der Waals surface area contributed by atoms with E-state index in [1.54, 1.807) is 12.1 Å². The molecule has 1 aliphatic rings. The topological polar surface area (TPSA) is 15.3 Å². The van der Waals surface area contributed by atoms with Gasteiger partial charge in [0.2, 0.25) is 0 Å². The summed E-state index contributed by atoms with van der Waals surface area (Å²) in [6, 6.07) is 7.49. The Bertz CT molecular complexity index is 382. The fourth-order valence-corrected chi connectivity index (χ4v) is 3.12. The number of hydrogen-bond acceptors (Lipinski definition) is 2. The number of nitrogens with one attached hydrogen (secondary N) is 1. The van der Waals surface area contributed by atoms with Crippen molar-refractivity contribution in [1.29, 1.82) is 0 Å². The second kappa shape index (κ2) is 7.75. The molecule has 0 spiro atoms. The monoisotopic (exact) mass is 278 g/mol. The van der Waals surface area contributed by atoms with Crippen molar-refractivity contribution < 1.29 is 4.39 Å². The predicted molar refractivity (Wildman–Crippen MR) is 82.4 cm³/mol. The van der Waals surface area contributed by atoms with E-state index in [0.29, 0.717) is 6.04 Å². The lowest BCUT2D eigenvalue weighted by Gasteiger charge is -2.36. The number of piperidine rings is 1. The highest BCUT2D eigenvalue weighted by atomic mass is 19.1. The van der Waals surface area contributed by atoms with Gasteiger partial charge in [-0.3, -0.25) is 0 Å². The molecule has 1 N–H and O–H groups in total. The van der Waals surface area contributed by atoms with Crippen LogP contribution in [0.4, 0.5) is 4.39 Å². The van der Waals surface area contributed by atoms with Crippen molar-refractivity contribution in [3.05, 3.63) is 35.6 Å². The zero-order valence-corrected chi connectivity index (χ0v) is 12.7. The summed E-state index contributed by atoms with van der Waals surface area (Å²) in [7, 11) is 2.03. The van der Waals surface area contributed by atoms with Crippen LogP contribution in [0.5, 0.6) is 0 Å². The van der Waals surface area contributed by atoms with Crippen LogP contribution < -0.4 is 5.32 Å². The number of rotatable bonds is 6. The Hall–Kier alpha value is -0.930. The molecule has 1 heterocycles. The van der Waals surface area contributed by atoms with E-state index >= 15 is 0 Å². The number of nitrogens with zero attached hydrogens (tertiary/aromatic N) is 1. The molecular formula is C17H27FN2. The fourth-order valence-electron chi connectivity index (χ4n) is 3.12. The van der Waals surface area contributed by atoms with Gasteiger partial charge in [0, 0.05) is 6.04 Å². The first kappa shape index (κ1) is 15.5. The van der Waals surface area contributed by atoms with Crippen LogP contribution in [0.25, 0.3) is 0 Å². The molecule has 1 aromatic carbocycles. The van der Waals surface area contributed by atoms with Crippen LogP contribution >= 0.6 is 0 Å². The molecule has 1 atom stereocenters. The van der Waals surface area contributed by atoms with Gasteiger partial charge in [0.15, 0.2) is 0 Å². The number of likely N-dealkylation sites (tertiary alicyclic amines) is 1. The first-order chi connectivity index (χ1) is 9.69. The summed E-state index contributed by atoms with van der Waals surface area (Å²) in [6.07, 6.45) is 4.95. The average Bonchev–Trinajstić information content (AvgIpc) is 2.48. The fraction of sp³-hybridized carbons (Fsp3) is 0.647. The largest absolute Gasteiger partial charge is 0.320 e. The van der Waals surface area contributed by atoms with Crippen LogP contribution in [0.3, 0.4) is 0 Å². The molecule has 1 aromatic rings. The van der Waals surface area contributed by atoms with Crippen molar-refractivity contribution in [2.24, 2.45) is 5.92 Å². The van der Waals surface area contributed by atoms with Crippen molar-refractivity contribution in [3.8, 4) is 0 Å². The minimum Gasteiger partial charge on any atom is -0.320 e. The van der Waals surface area contributed by atoms with Crippen LogP contribution in [0.1, 0.15) is 31.7 Å². The molecule has 112 valence electrons. The minimum atomic E-state index is -0.147. The lowest BCUT2D eigenvalue weighted by molar-refractivity contribution is 0.137. The maximum absolute atomic E-state index is 12.9. The van der Waals surface area contributed by atoms with Gasteiger partial charge in [-0.15, -0.1) is 0 Å². The van der Waals surface area contributed by atoms with Crippen LogP contribution in [-0.2, 0) is 6.42 Å². The van der Waals surface area contributed by atoms with Gasteiger partial charge < -0.3 is 10.2 Å². The zero-order valence-electron chi connectivity index (χ0n) is 12.7. The van der Waals surface area contributed by atoms with Gasteiger partial charge in [-0.2, -0.15) is 0 Å². The molecule has 1 aliphatic heterocycles. The Labute approximate surface area is 122 Å². The lowest BCUT2D eigenvalue weighted by Crippen LogP contribution is -2.41. The summed E-state index contributed by atoms with van der Waals surface area (Å²) in [5.41, 5.74) is 1.23. The first-order valence-electron chi connectivity index (χ1n) is 7.82. The van der Waals surface area contributed by atoms with Gasteiger partial charge in [-0.05, 0) is 82.9 Å². The predicted octanol–water partition coefficient (Wildman–Crippen LogP) is 3.08. The van der Waals surface area contributed by atoms with Crippen molar-refractivity contribution in [2.75, 3.05) is 26.7 Å². The molecule has 1 unspecified atom stereocenters. The summed E-state index contributed by atoms with van der Waals surface area (Å²) in [6.45, 7) is 5.83. The van der Waals surface area contributed by atoms with Crippen LogP contribution in [0.15, 0.2) is 24.3 Å². The summed E-state index contributed by atoms with van der Waals surface area (Å²) >= 11 is 0. The van der Waals surface area contributed by atoms with Gasteiger partial charge in [0.05, 0.1) is 0 Å². The van der Waals surface area contributed by atoms with E-state index in [1.807, 2.05) is 19.2 Å².